The van der Waals surface area contributed by atoms with Gasteiger partial charge in [-0.2, -0.15) is 0 Å². The van der Waals surface area contributed by atoms with Crippen LogP contribution in [-0.2, 0) is 12.8 Å². The van der Waals surface area contributed by atoms with Gasteiger partial charge in [0.15, 0.2) is 0 Å². The van der Waals surface area contributed by atoms with Gasteiger partial charge in [-0.15, -0.1) is 0 Å². The minimum atomic E-state index is 0.613. The van der Waals surface area contributed by atoms with Crippen LogP contribution < -0.4 is 0 Å². The summed E-state index contributed by atoms with van der Waals surface area (Å²) in [6.07, 6.45) is 11.9. The minimum absolute atomic E-state index is 0.613. The number of hydrogen-bond donors (Lipinski definition) is 0. The lowest BCUT2D eigenvalue weighted by Crippen LogP contribution is -2.33. The van der Waals surface area contributed by atoms with Crippen LogP contribution >= 0.6 is 0 Å². The molecule has 2 aromatic carbocycles. The van der Waals surface area contributed by atoms with E-state index in [2.05, 4.69) is 50.3 Å². The molecule has 0 amide bonds. The van der Waals surface area contributed by atoms with Crippen molar-refractivity contribution in [3.63, 3.8) is 0 Å². The molecule has 2 bridgehead atoms. The monoisotopic (exact) mass is 316 g/mol. The van der Waals surface area contributed by atoms with Crippen molar-refractivity contribution >= 4 is 10.8 Å². The highest BCUT2D eigenvalue weighted by molar-refractivity contribution is 5.85. The number of fused-ring (bicyclic) bond motifs is 5. The lowest BCUT2D eigenvalue weighted by Gasteiger charge is -2.40. The van der Waals surface area contributed by atoms with Gasteiger partial charge in [0.25, 0.3) is 0 Å². The van der Waals surface area contributed by atoms with Gasteiger partial charge in [0.1, 0.15) is 0 Å². The molecule has 1 fully saturated rings. The fourth-order valence-electron chi connectivity index (χ4n) is 5.70. The molecule has 1 spiro atoms. The third-order valence-corrected chi connectivity index (χ3v) is 7.44. The van der Waals surface area contributed by atoms with E-state index in [9.17, 15) is 0 Å². The molecule has 0 heteroatoms. The Morgan fingerprint density at radius 2 is 1.96 bits per heavy atom. The molecule has 1 saturated carbocycles. The highest BCUT2D eigenvalue weighted by Gasteiger charge is 2.48. The van der Waals surface area contributed by atoms with Crippen LogP contribution in [0.25, 0.3) is 10.8 Å². The fourth-order valence-corrected chi connectivity index (χ4v) is 5.70. The first kappa shape index (κ1) is 14.8. The third-order valence-electron chi connectivity index (χ3n) is 7.44. The van der Waals surface area contributed by atoms with Crippen LogP contribution in [0.5, 0.6) is 0 Å². The Morgan fingerprint density at radius 1 is 1.08 bits per heavy atom. The van der Waals surface area contributed by atoms with Crippen molar-refractivity contribution in [1.82, 2.24) is 0 Å². The molecule has 3 aliphatic carbocycles. The van der Waals surface area contributed by atoms with Crippen LogP contribution in [0.1, 0.15) is 68.6 Å². The molecule has 3 atom stereocenters. The van der Waals surface area contributed by atoms with Crippen LogP contribution in [0.2, 0.25) is 0 Å². The topological polar surface area (TPSA) is 0 Å². The standard InChI is InChI=1S/C24H28/c1-3-16(2)18-5-6-19-13-22-15-24(14-17-4-7-23(24)10-17)9-8-20(22)12-21(19)11-18/h4-6,11-13,16,23H,3,7-10,14-15H2,1-2H3. The van der Waals surface area contributed by atoms with Gasteiger partial charge in [-0.3, -0.25) is 0 Å². The van der Waals surface area contributed by atoms with Gasteiger partial charge < -0.3 is 0 Å². The van der Waals surface area contributed by atoms with Gasteiger partial charge in [-0.1, -0.05) is 55.8 Å². The Kier molecular flexibility index (Phi) is 3.21. The Labute approximate surface area is 146 Å². The quantitative estimate of drug-likeness (QED) is 0.550. The zero-order valence-electron chi connectivity index (χ0n) is 15.1. The van der Waals surface area contributed by atoms with Crippen molar-refractivity contribution < 1.29 is 0 Å². The Hall–Kier alpha value is -1.56. The molecule has 0 saturated heterocycles. The average Bonchev–Trinajstić information content (AvgIpc) is 3.20. The van der Waals surface area contributed by atoms with Crippen molar-refractivity contribution in [3.8, 4) is 0 Å². The second-order valence-corrected chi connectivity index (χ2v) is 8.75. The number of rotatable bonds is 2. The molecule has 0 radical (unpaired) electrons. The lowest BCUT2D eigenvalue weighted by atomic mass is 9.64. The highest BCUT2D eigenvalue weighted by atomic mass is 14.5. The molecule has 124 valence electrons. The zero-order valence-corrected chi connectivity index (χ0v) is 15.1. The highest BCUT2D eigenvalue weighted by Crippen LogP contribution is 2.58. The van der Waals surface area contributed by atoms with Crippen molar-refractivity contribution in [2.75, 3.05) is 0 Å². The summed E-state index contributed by atoms with van der Waals surface area (Å²) >= 11 is 0. The van der Waals surface area contributed by atoms with Gasteiger partial charge in [-0.05, 0) is 89.7 Å². The van der Waals surface area contributed by atoms with Gasteiger partial charge in [0.2, 0.25) is 0 Å². The molecular formula is C24H28. The summed E-state index contributed by atoms with van der Waals surface area (Å²) in [7, 11) is 0. The molecule has 2 aromatic rings. The molecule has 3 aliphatic rings. The van der Waals surface area contributed by atoms with Gasteiger partial charge in [0, 0.05) is 0 Å². The predicted octanol–water partition coefficient (Wildman–Crippen LogP) is 6.57. The molecule has 0 heterocycles. The molecule has 0 N–H and O–H groups in total. The first-order valence-electron chi connectivity index (χ1n) is 9.90. The number of hydrogen-bond acceptors (Lipinski definition) is 0. The first-order valence-corrected chi connectivity index (χ1v) is 9.90. The van der Waals surface area contributed by atoms with Crippen LogP contribution in [-0.4, -0.2) is 0 Å². The normalized spacial score (nSPS) is 29.1. The molecule has 0 aromatic heterocycles. The summed E-state index contributed by atoms with van der Waals surface area (Å²) in [5.41, 5.74) is 7.16. The van der Waals surface area contributed by atoms with Gasteiger partial charge in [-0.25, -0.2) is 0 Å². The Morgan fingerprint density at radius 3 is 2.71 bits per heavy atom. The van der Waals surface area contributed by atoms with Crippen molar-refractivity contribution in [3.05, 3.63) is 58.7 Å². The smallest absolute Gasteiger partial charge is 0.0178 e. The van der Waals surface area contributed by atoms with Crippen molar-refractivity contribution in [2.24, 2.45) is 11.3 Å². The summed E-state index contributed by atoms with van der Waals surface area (Å²) < 4.78 is 0. The molecule has 5 rings (SSSR count). The maximum Gasteiger partial charge on any atom is -0.0178 e. The Balaban J connectivity index is 1.53. The van der Waals surface area contributed by atoms with E-state index < -0.39 is 0 Å². The van der Waals surface area contributed by atoms with E-state index in [0.29, 0.717) is 11.3 Å². The first-order chi connectivity index (χ1) is 11.7. The van der Waals surface area contributed by atoms with E-state index in [1.54, 1.807) is 16.7 Å². The van der Waals surface area contributed by atoms with E-state index in [1.807, 2.05) is 0 Å². The van der Waals surface area contributed by atoms with Crippen LogP contribution in [0, 0.1) is 11.3 Å². The summed E-state index contributed by atoms with van der Waals surface area (Å²) in [6, 6.07) is 12.2. The molecule has 0 aliphatic heterocycles. The number of benzene rings is 2. The third kappa shape index (κ3) is 2.11. The summed E-state index contributed by atoms with van der Waals surface area (Å²) in [6.45, 7) is 4.62. The maximum absolute atomic E-state index is 2.53. The number of aryl methyl sites for hydroxylation is 1. The largest absolute Gasteiger partial charge is 0.0850 e. The zero-order chi connectivity index (χ0) is 16.3. The second kappa shape index (κ2) is 5.22. The lowest BCUT2D eigenvalue weighted by molar-refractivity contribution is 0.169. The van der Waals surface area contributed by atoms with Gasteiger partial charge in [0.05, 0.1) is 0 Å². The number of allylic oxidation sites excluding steroid dienone is 2. The average molecular weight is 316 g/mol. The molecular weight excluding hydrogens is 288 g/mol. The van der Waals surface area contributed by atoms with Crippen LogP contribution in [0.4, 0.5) is 0 Å². The van der Waals surface area contributed by atoms with E-state index in [4.69, 9.17) is 0 Å². The summed E-state index contributed by atoms with van der Waals surface area (Å²) in [5, 5.41) is 2.90. The minimum Gasteiger partial charge on any atom is -0.0850 e. The van der Waals surface area contributed by atoms with Crippen molar-refractivity contribution in [2.45, 2.75) is 64.7 Å². The second-order valence-electron chi connectivity index (χ2n) is 8.75. The van der Waals surface area contributed by atoms with E-state index in [0.717, 1.165) is 5.92 Å². The fraction of sp³-hybridized carbons (Fsp3) is 0.500. The molecule has 0 nitrogen and oxygen atoms in total. The van der Waals surface area contributed by atoms with Gasteiger partial charge >= 0.3 is 0 Å². The molecule has 24 heavy (non-hydrogen) atoms. The van der Waals surface area contributed by atoms with Crippen molar-refractivity contribution in [1.29, 1.82) is 0 Å². The summed E-state index contributed by atoms with van der Waals surface area (Å²) in [4.78, 5) is 0. The Bertz CT molecular complexity index is 840. The van der Waals surface area contributed by atoms with Crippen LogP contribution in [0.15, 0.2) is 42.0 Å². The molecule has 3 unspecified atom stereocenters. The SMILES string of the molecule is CCC(C)c1ccc2cc3c(cc2c1)CCC1(CC2=CCC1C2)C3. The maximum atomic E-state index is 2.53. The predicted molar refractivity (Wildman–Crippen MR) is 103 cm³/mol. The van der Waals surface area contributed by atoms with Crippen LogP contribution in [0.3, 0.4) is 0 Å². The van der Waals surface area contributed by atoms with E-state index >= 15 is 0 Å². The van der Waals surface area contributed by atoms with E-state index in [-0.39, 0.29) is 0 Å². The van der Waals surface area contributed by atoms with E-state index in [1.165, 1.54) is 61.3 Å². The summed E-state index contributed by atoms with van der Waals surface area (Å²) in [5.74, 6) is 1.61.